The fourth-order valence-corrected chi connectivity index (χ4v) is 2.09. The van der Waals surface area contributed by atoms with Crippen molar-refractivity contribution in [3.63, 3.8) is 0 Å². The molecule has 102 valence electrons. The highest BCUT2D eigenvalue weighted by atomic mass is 19.1. The molecule has 1 heterocycles. The fraction of sp³-hybridized carbons (Fsp3) is 0.385. The summed E-state index contributed by atoms with van der Waals surface area (Å²) in [5.74, 6) is -1.91. The molecule has 19 heavy (non-hydrogen) atoms. The van der Waals surface area contributed by atoms with E-state index >= 15 is 0 Å². The van der Waals surface area contributed by atoms with Gasteiger partial charge in [-0.25, -0.2) is 14.0 Å². The van der Waals surface area contributed by atoms with E-state index in [2.05, 4.69) is 5.32 Å². The summed E-state index contributed by atoms with van der Waals surface area (Å²) in [6.45, 7) is 1.32. The molecule has 0 spiro atoms. The molecule has 0 saturated carbocycles. The number of benzene rings is 1. The summed E-state index contributed by atoms with van der Waals surface area (Å²) in [6, 6.07) is 2.95. The molecule has 0 aromatic heterocycles. The maximum Gasteiger partial charge on any atom is 0.337 e. The summed E-state index contributed by atoms with van der Waals surface area (Å²) < 4.78 is 13.0. The van der Waals surface area contributed by atoms with Crippen LogP contribution in [-0.2, 0) is 0 Å². The second-order valence-corrected chi connectivity index (χ2v) is 4.47. The van der Waals surface area contributed by atoms with Gasteiger partial charge in [-0.3, -0.25) is 0 Å². The number of carbonyl (C=O) groups is 2. The second-order valence-electron chi connectivity index (χ2n) is 4.47. The van der Waals surface area contributed by atoms with Crippen LogP contribution in [0.2, 0.25) is 0 Å². The number of halogens is 1. The second kappa shape index (κ2) is 5.69. The molecule has 1 aliphatic heterocycles. The van der Waals surface area contributed by atoms with E-state index in [1.165, 1.54) is 6.07 Å². The van der Waals surface area contributed by atoms with Gasteiger partial charge in [0.15, 0.2) is 0 Å². The van der Waals surface area contributed by atoms with Gasteiger partial charge in [-0.1, -0.05) is 0 Å². The first-order valence-corrected chi connectivity index (χ1v) is 6.16. The van der Waals surface area contributed by atoms with Gasteiger partial charge in [-0.05, 0) is 37.5 Å². The number of piperidine rings is 1. The standard InChI is InChI=1S/C13H15FN2O3/c14-9-4-5-11(10(8-9)12(17)18)15-13(19)16-6-2-1-3-7-16/h4-5,8H,1-3,6-7H2,(H,15,19)(H,17,18). The number of nitrogens with zero attached hydrogens (tertiary/aromatic N) is 1. The fourth-order valence-electron chi connectivity index (χ4n) is 2.09. The lowest BCUT2D eigenvalue weighted by Crippen LogP contribution is -2.39. The predicted octanol–water partition coefficient (Wildman–Crippen LogP) is 2.54. The molecule has 1 fully saturated rings. The topological polar surface area (TPSA) is 69.6 Å². The Labute approximate surface area is 110 Å². The SMILES string of the molecule is O=C(O)c1cc(F)ccc1NC(=O)N1CCCCC1. The monoisotopic (exact) mass is 266 g/mol. The van der Waals surface area contributed by atoms with Crippen LogP contribution in [0.5, 0.6) is 0 Å². The van der Waals surface area contributed by atoms with Crippen molar-refractivity contribution in [2.75, 3.05) is 18.4 Å². The lowest BCUT2D eigenvalue weighted by Gasteiger charge is -2.27. The summed E-state index contributed by atoms with van der Waals surface area (Å²) in [7, 11) is 0. The first-order chi connectivity index (χ1) is 9.08. The van der Waals surface area contributed by atoms with Gasteiger partial charge in [-0.2, -0.15) is 0 Å². The Bertz CT molecular complexity index is 499. The van der Waals surface area contributed by atoms with Gasteiger partial charge < -0.3 is 15.3 Å². The average molecular weight is 266 g/mol. The van der Waals surface area contributed by atoms with Crippen LogP contribution >= 0.6 is 0 Å². The number of carboxylic acid groups (broad SMARTS) is 1. The maximum atomic E-state index is 13.0. The van der Waals surface area contributed by atoms with Gasteiger partial charge >= 0.3 is 12.0 Å². The van der Waals surface area contributed by atoms with Crippen molar-refractivity contribution >= 4 is 17.7 Å². The number of anilines is 1. The molecular formula is C13H15FN2O3. The summed E-state index contributed by atoms with van der Waals surface area (Å²) in [6.07, 6.45) is 2.99. The number of carboxylic acids is 1. The molecule has 2 amide bonds. The van der Waals surface area contributed by atoms with E-state index < -0.39 is 11.8 Å². The van der Waals surface area contributed by atoms with E-state index in [4.69, 9.17) is 5.11 Å². The molecule has 0 radical (unpaired) electrons. The molecular weight excluding hydrogens is 251 g/mol. The minimum Gasteiger partial charge on any atom is -0.478 e. The van der Waals surface area contributed by atoms with Crippen LogP contribution in [0.1, 0.15) is 29.6 Å². The first kappa shape index (κ1) is 13.3. The molecule has 6 heteroatoms. The highest BCUT2D eigenvalue weighted by molar-refractivity contribution is 6.00. The van der Waals surface area contributed by atoms with E-state index in [9.17, 15) is 14.0 Å². The van der Waals surface area contributed by atoms with Crippen molar-refractivity contribution < 1.29 is 19.1 Å². The third-order valence-electron chi connectivity index (χ3n) is 3.10. The van der Waals surface area contributed by atoms with Crippen molar-refractivity contribution in [3.05, 3.63) is 29.6 Å². The highest BCUT2D eigenvalue weighted by Gasteiger charge is 2.19. The molecule has 5 nitrogen and oxygen atoms in total. The van der Waals surface area contributed by atoms with Gasteiger partial charge in [0.2, 0.25) is 0 Å². The van der Waals surface area contributed by atoms with Gasteiger partial charge in [0, 0.05) is 13.1 Å². The number of carbonyl (C=O) groups excluding carboxylic acids is 1. The number of urea groups is 1. The highest BCUT2D eigenvalue weighted by Crippen LogP contribution is 2.18. The molecule has 0 unspecified atom stereocenters. The molecule has 2 rings (SSSR count). The maximum absolute atomic E-state index is 13.0. The molecule has 0 atom stereocenters. The Morgan fingerprint density at radius 1 is 1.21 bits per heavy atom. The Hall–Kier alpha value is -2.11. The molecule has 1 aromatic carbocycles. The van der Waals surface area contributed by atoms with Crippen LogP contribution in [0, 0.1) is 5.82 Å². The van der Waals surface area contributed by atoms with Gasteiger partial charge in [0.25, 0.3) is 0 Å². The van der Waals surface area contributed by atoms with Crippen LogP contribution in [0.4, 0.5) is 14.9 Å². The van der Waals surface area contributed by atoms with Crippen molar-refractivity contribution in [1.29, 1.82) is 0 Å². The lowest BCUT2D eigenvalue weighted by molar-refractivity contribution is 0.0697. The minimum absolute atomic E-state index is 0.115. The van der Waals surface area contributed by atoms with Crippen LogP contribution < -0.4 is 5.32 Å². The Morgan fingerprint density at radius 3 is 2.53 bits per heavy atom. The number of likely N-dealkylation sites (tertiary alicyclic amines) is 1. The van der Waals surface area contributed by atoms with Crippen LogP contribution in [0.3, 0.4) is 0 Å². The lowest BCUT2D eigenvalue weighted by atomic mass is 10.1. The minimum atomic E-state index is -1.27. The number of aromatic carboxylic acids is 1. The summed E-state index contributed by atoms with van der Waals surface area (Å²) in [5.41, 5.74) is -0.130. The summed E-state index contributed by atoms with van der Waals surface area (Å²) in [5, 5.41) is 11.5. The first-order valence-electron chi connectivity index (χ1n) is 6.16. The van der Waals surface area contributed by atoms with Crippen LogP contribution in [0.15, 0.2) is 18.2 Å². The number of rotatable bonds is 2. The Balaban J connectivity index is 2.13. The van der Waals surface area contributed by atoms with Crippen molar-refractivity contribution in [1.82, 2.24) is 4.90 Å². The zero-order valence-electron chi connectivity index (χ0n) is 10.4. The molecule has 1 aromatic rings. The van der Waals surface area contributed by atoms with E-state index in [1.807, 2.05) is 0 Å². The number of hydrogen-bond donors (Lipinski definition) is 2. The average Bonchev–Trinajstić information content (AvgIpc) is 2.41. The van der Waals surface area contributed by atoms with Crippen molar-refractivity contribution in [3.8, 4) is 0 Å². The van der Waals surface area contributed by atoms with Crippen LogP contribution in [0.25, 0.3) is 0 Å². The van der Waals surface area contributed by atoms with E-state index in [0.29, 0.717) is 13.1 Å². The third kappa shape index (κ3) is 3.21. The largest absolute Gasteiger partial charge is 0.478 e. The zero-order chi connectivity index (χ0) is 13.8. The molecule has 1 saturated heterocycles. The smallest absolute Gasteiger partial charge is 0.337 e. The Kier molecular flexibility index (Phi) is 3.99. The Morgan fingerprint density at radius 2 is 1.89 bits per heavy atom. The predicted molar refractivity (Wildman–Crippen MR) is 67.8 cm³/mol. The summed E-state index contributed by atoms with van der Waals surface area (Å²) >= 11 is 0. The quantitative estimate of drug-likeness (QED) is 0.864. The van der Waals surface area contributed by atoms with Crippen molar-refractivity contribution in [2.45, 2.75) is 19.3 Å². The van der Waals surface area contributed by atoms with Crippen LogP contribution in [-0.4, -0.2) is 35.1 Å². The molecule has 2 N–H and O–H groups in total. The molecule has 0 aliphatic carbocycles. The van der Waals surface area contributed by atoms with E-state index in [0.717, 1.165) is 31.4 Å². The van der Waals surface area contributed by atoms with E-state index in [1.54, 1.807) is 4.90 Å². The van der Waals surface area contributed by atoms with Gasteiger partial charge in [-0.15, -0.1) is 0 Å². The normalized spacial score (nSPS) is 15.1. The van der Waals surface area contributed by atoms with Crippen molar-refractivity contribution in [2.24, 2.45) is 0 Å². The molecule has 1 aliphatic rings. The molecule has 0 bridgehead atoms. The summed E-state index contributed by atoms with van der Waals surface area (Å²) in [4.78, 5) is 24.6. The number of amides is 2. The third-order valence-corrected chi connectivity index (χ3v) is 3.10. The van der Waals surface area contributed by atoms with E-state index in [-0.39, 0.29) is 17.3 Å². The van der Waals surface area contributed by atoms with Gasteiger partial charge in [0.05, 0.1) is 11.3 Å². The number of nitrogens with one attached hydrogen (secondary N) is 1. The number of hydrogen-bond acceptors (Lipinski definition) is 2. The van der Waals surface area contributed by atoms with Gasteiger partial charge in [0.1, 0.15) is 5.82 Å². The zero-order valence-corrected chi connectivity index (χ0v) is 10.4.